The van der Waals surface area contributed by atoms with E-state index in [2.05, 4.69) is 12.2 Å². The van der Waals surface area contributed by atoms with Crippen LogP contribution >= 0.6 is 0 Å². The Bertz CT molecular complexity index is 428. The lowest BCUT2D eigenvalue weighted by molar-refractivity contribution is 0.0378. The molecule has 0 radical (unpaired) electrons. The van der Waals surface area contributed by atoms with Crippen molar-refractivity contribution in [3.8, 4) is 0 Å². The van der Waals surface area contributed by atoms with Crippen molar-refractivity contribution in [2.75, 3.05) is 11.9 Å². The van der Waals surface area contributed by atoms with Gasteiger partial charge in [-0.2, -0.15) is 0 Å². The Morgan fingerprint density at radius 2 is 2.05 bits per heavy atom. The summed E-state index contributed by atoms with van der Waals surface area (Å²) in [5.41, 5.74) is 1.58. The first-order valence-electron chi connectivity index (χ1n) is 6.75. The molecule has 1 heterocycles. The second-order valence-electron chi connectivity index (χ2n) is 5.15. The minimum Gasteiger partial charge on any atom is -0.459 e. The zero-order chi connectivity index (χ0) is 13.8. The SMILES string of the molecule is CC(C)OC(=O)c1ccc(NC2CCOC2C)cc1. The quantitative estimate of drug-likeness (QED) is 0.849. The predicted octanol–water partition coefficient (Wildman–Crippen LogP) is 2.84. The molecule has 2 atom stereocenters. The lowest BCUT2D eigenvalue weighted by Gasteiger charge is -2.17. The van der Waals surface area contributed by atoms with Crippen molar-refractivity contribution in [1.29, 1.82) is 0 Å². The lowest BCUT2D eigenvalue weighted by atomic mass is 10.1. The Labute approximate surface area is 114 Å². The summed E-state index contributed by atoms with van der Waals surface area (Å²) < 4.78 is 10.7. The Morgan fingerprint density at radius 3 is 2.58 bits per heavy atom. The van der Waals surface area contributed by atoms with Crippen LogP contribution in [0.15, 0.2) is 24.3 Å². The Morgan fingerprint density at radius 1 is 1.37 bits per heavy atom. The molecule has 1 aromatic rings. The van der Waals surface area contributed by atoms with E-state index in [9.17, 15) is 4.79 Å². The molecule has 4 nitrogen and oxygen atoms in total. The van der Waals surface area contributed by atoms with Crippen molar-refractivity contribution in [2.24, 2.45) is 0 Å². The number of nitrogens with one attached hydrogen (secondary N) is 1. The van der Waals surface area contributed by atoms with E-state index in [1.54, 1.807) is 12.1 Å². The van der Waals surface area contributed by atoms with Gasteiger partial charge in [-0.3, -0.25) is 0 Å². The summed E-state index contributed by atoms with van der Waals surface area (Å²) in [4.78, 5) is 11.7. The van der Waals surface area contributed by atoms with Gasteiger partial charge in [0.05, 0.1) is 23.8 Å². The predicted molar refractivity (Wildman–Crippen MR) is 74.4 cm³/mol. The van der Waals surface area contributed by atoms with Crippen LogP contribution in [0.4, 0.5) is 5.69 Å². The monoisotopic (exact) mass is 263 g/mol. The number of ether oxygens (including phenoxy) is 2. The molecule has 1 fully saturated rings. The molecule has 0 aliphatic carbocycles. The summed E-state index contributed by atoms with van der Waals surface area (Å²) in [5, 5.41) is 3.42. The molecule has 1 aliphatic rings. The molecule has 2 unspecified atom stereocenters. The van der Waals surface area contributed by atoms with E-state index < -0.39 is 0 Å². The average molecular weight is 263 g/mol. The van der Waals surface area contributed by atoms with Gasteiger partial charge < -0.3 is 14.8 Å². The van der Waals surface area contributed by atoms with Gasteiger partial charge >= 0.3 is 5.97 Å². The zero-order valence-corrected chi connectivity index (χ0v) is 11.7. The molecule has 0 bridgehead atoms. The minimum absolute atomic E-state index is 0.0956. The fourth-order valence-corrected chi connectivity index (χ4v) is 2.12. The number of rotatable bonds is 4. The molecular weight excluding hydrogens is 242 g/mol. The van der Waals surface area contributed by atoms with Crippen molar-refractivity contribution in [1.82, 2.24) is 0 Å². The highest BCUT2D eigenvalue weighted by Gasteiger charge is 2.23. The van der Waals surface area contributed by atoms with Crippen LogP contribution in [0.2, 0.25) is 0 Å². The smallest absolute Gasteiger partial charge is 0.338 e. The van der Waals surface area contributed by atoms with Crippen LogP contribution in [0.5, 0.6) is 0 Å². The number of carbonyl (C=O) groups is 1. The van der Waals surface area contributed by atoms with Gasteiger partial charge in [0.15, 0.2) is 0 Å². The van der Waals surface area contributed by atoms with Gasteiger partial charge in [0.1, 0.15) is 0 Å². The molecule has 0 spiro atoms. The van der Waals surface area contributed by atoms with E-state index in [1.807, 2.05) is 26.0 Å². The maximum Gasteiger partial charge on any atom is 0.338 e. The number of hydrogen-bond acceptors (Lipinski definition) is 4. The van der Waals surface area contributed by atoms with Crippen LogP contribution in [0.3, 0.4) is 0 Å². The summed E-state index contributed by atoms with van der Waals surface area (Å²) in [7, 11) is 0. The molecule has 19 heavy (non-hydrogen) atoms. The standard InChI is InChI=1S/C15H21NO3/c1-10(2)19-15(17)12-4-6-13(7-5-12)16-14-8-9-18-11(14)3/h4-7,10-11,14,16H,8-9H2,1-3H3. The fraction of sp³-hybridized carbons (Fsp3) is 0.533. The van der Waals surface area contributed by atoms with E-state index in [0.29, 0.717) is 11.6 Å². The summed E-state index contributed by atoms with van der Waals surface area (Å²) in [5.74, 6) is -0.279. The summed E-state index contributed by atoms with van der Waals surface area (Å²) in [6, 6.07) is 7.72. The van der Waals surface area contributed by atoms with Crippen LogP contribution in [-0.2, 0) is 9.47 Å². The molecule has 0 aromatic heterocycles. The molecular formula is C15H21NO3. The van der Waals surface area contributed by atoms with Crippen molar-refractivity contribution in [3.63, 3.8) is 0 Å². The topological polar surface area (TPSA) is 47.6 Å². The number of carbonyl (C=O) groups excluding carboxylic acids is 1. The number of benzene rings is 1. The molecule has 2 rings (SSSR count). The van der Waals surface area contributed by atoms with Gasteiger partial charge in [0, 0.05) is 12.3 Å². The second kappa shape index (κ2) is 6.06. The average Bonchev–Trinajstić information content (AvgIpc) is 2.75. The Hall–Kier alpha value is -1.55. The van der Waals surface area contributed by atoms with Crippen molar-refractivity contribution < 1.29 is 14.3 Å². The van der Waals surface area contributed by atoms with Gasteiger partial charge in [-0.15, -0.1) is 0 Å². The third-order valence-electron chi connectivity index (χ3n) is 3.19. The number of esters is 1. The van der Waals surface area contributed by atoms with Crippen molar-refractivity contribution in [2.45, 2.75) is 45.4 Å². The van der Waals surface area contributed by atoms with Crippen LogP contribution in [0.1, 0.15) is 37.6 Å². The van der Waals surface area contributed by atoms with Gasteiger partial charge in [-0.25, -0.2) is 4.79 Å². The third kappa shape index (κ3) is 3.70. The molecule has 1 aliphatic heterocycles. The molecule has 1 aromatic carbocycles. The molecule has 0 saturated carbocycles. The van der Waals surface area contributed by atoms with Crippen LogP contribution in [0, 0.1) is 0 Å². The van der Waals surface area contributed by atoms with Crippen LogP contribution in [-0.4, -0.2) is 30.8 Å². The maximum absolute atomic E-state index is 11.7. The second-order valence-corrected chi connectivity index (χ2v) is 5.15. The van der Waals surface area contributed by atoms with E-state index in [0.717, 1.165) is 18.7 Å². The molecule has 104 valence electrons. The maximum atomic E-state index is 11.7. The van der Waals surface area contributed by atoms with Gasteiger partial charge in [-0.05, 0) is 51.5 Å². The third-order valence-corrected chi connectivity index (χ3v) is 3.19. The molecule has 0 amide bonds. The number of hydrogen-bond donors (Lipinski definition) is 1. The lowest BCUT2D eigenvalue weighted by Crippen LogP contribution is -2.26. The van der Waals surface area contributed by atoms with Crippen molar-refractivity contribution >= 4 is 11.7 Å². The van der Waals surface area contributed by atoms with Crippen LogP contribution in [0.25, 0.3) is 0 Å². The van der Waals surface area contributed by atoms with Gasteiger partial charge in [-0.1, -0.05) is 0 Å². The minimum atomic E-state index is -0.279. The Balaban J connectivity index is 1.96. The van der Waals surface area contributed by atoms with E-state index in [-0.39, 0.29) is 18.2 Å². The summed E-state index contributed by atoms with van der Waals surface area (Å²) in [6.45, 7) is 6.56. The molecule has 4 heteroatoms. The van der Waals surface area contributed by atoms with E-state index in [1.165, 1.54) is 0 Å². The first-order chi connectivity index (χ1) is 9.06. The zero-order valence-electron chi connectivity index (χ0n) is 11.7. The first kappa shape index (κ1) is 13.9. The molecule has 1 saturated heterocycles. The van der Waals surface area contributed by atoms with E-state index in [4.69, 9.17) is 9.47 Å². The van der Waals surface area contributed by atoms with Gasteiger partial charge in [0.25, 0.3) is 0 Å². The Kier molecular flexibility index (Phi) is 4.43. The largest absolute Gasteiger partial charge is 0.459 e. The van der Waals surface area contributed by atoms with E-state index >= 15 is 0 Å². The van der Waals surface area contributed by atoms with Crippen LogP contribution < -0.4 is 5.32 Å². The first-order valence-corrected chi connectivity index (χ1v) is 6.75. The highest BCUT2D eigenvalue weighted by Crippen LogP contribution is 2.19. The highest BCUT2D eigenvalue weighted by atomic mass is 16.5. The van der Waals surface area contributed by atoms with Crippen molar-refractivity contribution in [3.05, 3.63) is 29.8 Å². The normalized spacial score (nSPS) is 22.5. The number of anilines is 1. The fourth-order valence-electron chi connectivity index (χ4n) is 2.12. The highest BCUT2D eigenvalue weighted by molar-refractivity contribution is 5.89. The summed E-state index contributed by atoms with van der Waals surface area (Å²) >= 11 is 0. The molecule has 1 N–H and O–H groups in total. The van der Waals surface area contributed by atoms with Gasteiger partial charge in [0.2, 0.25) is 0 Å². The summed E-state index contributed by atoms with van der Waals surface area (Å²) in [6.07, 6.45) is 1.14.